The first kappa shape index (κ1) is 15.6. The number of hydrogen-bond acceptors (Lipinski definition) is 6. The molecule has 1 fully saturated rings. The van der Waals surface area contributed by atoms with E-state index in [1.54, 1.807) is 13.2 Å². The van der Waals surface area contributed by atoms with E-state index < -0.39 is 5.97 Å². The summed E-state index contributed by atoms with van der Waals surface area (Å²) in [5.74, 6) is 0.978. The van der Waals surface area contributed by atoms with Crippen LogP contribution < -0.4 is 10.6 Å². The molecule has 1 heterocycles. The molecule has 0 saturated heterocycles. The molecular formula is C15H23N3O3. The van der Waals surface area contributed by atoms with Crippen LogP contribution in [-0.4, -0.2) is 44.4 Å². The molecule has 2 N–H and O–H groups in total. The van der Waals surface area contributed by atoms with E-state index >= 15 is 0 Å². The van der Waals surface area contributed by atoms with E-state index in [9.17, 15) is 4.79 Å². The van der Waals surface area contributed by atoms with E-state index in [0.29, 0.717) is 29.8 Å². The fourth-order valence-electron chi connectivity index (χ4n) is 2.45. The summed E-state index contributed by atoms with van der Waals surface area (Å²) < 4.78 is 9.94. The molecule has 21 heavy (non-hydrogen) atoms. The Balaban J connectivity index is 2.27. The first-order chi connectivity index (χ1) is 10.1. The molecule has 0 spiro atoms. The van der Waals surface area contributed by atoms with Crippen molar-refractivity contribution in [2.24, 2.45) is 5.92 Å². The summed E-state index contributed by atoms with van der Waals surface area (Å²) in [5, 5.41) is 0. The van der Waals surface area contributed by atoms with Crippen LogP contribution in [0.25, 0.3) is 0 Å². The maximum absolute atomic E-state index is 11.8. The highest BCUT2D eigenvalue weighted by Crippen LogP contribution is 2.36. The summed E-state index contributed by atoms with van der Waals surface area (Å²) in [7, 11) is 3.02. The summed E-state index contributed by atoms with van der Waals surface area (Å²) >= 11 is 0. The first-order valence-corrected chi connectivity index (χ1v) is 7.18. The number of nitrogen functional groups attached to an aromatic ring is 1. The maximum atomic E-state index is 11.8. The number of aromatic nitrogens is 1. The van der Waals surface area contributed by atoms with E-state index in [2.05, 4.69) is 16.8 Å². The van der Waals surface area contributed by atoms with Crippen LogP contribution in [0.3, 0.4) is 0 Å². The molecule has 2 rings (SSSR count). The highest BCUT2D eigenvalue weighted by atomic mass is 16.5. The quantitative estimate of drug-likeness (QED) is 0.771. The van der Waals surface area contributed by atoms with Gasteiger partial charge in [0.05, 0.1) is 31.2 Å². The van der Waals surface area contributed by atoms with Crippen molar-refractivity contribution in [1.82, 2.24) is 4.98 Å². The van der Waals surface area contributed by atoms with Crippen LogP contribution in [0.4, 0.5) is 11.5 Å². The minimum absolute atomic E-state index is 0.330. The summed E-state index contributed by atoms with van der Waals surface area (Å²) in [6.45, 7) is 3.52. The zero-order valence-corrected chi connectivity index (χ0v) is 12.8. The Hall–Kier alpha value is -1.82. The number of nitrogens with zero attached hydrogens (tertiary/aromatic N) is 2. The summed E-state index contributed by atoms with van der Waals surface area (Å²) in [5.41, 5.74) is 6.49. The predicted octanol–water partition coefficient (Wildman–Crippen LogP) is 1.70. The number of carbonyl (C=O) groups excluding carboxylic acids is 1. The zero-order chi connectivity index (χ0) is 15.4. The number of nitrogens with two attached hydrogens (primary N) is 1. The molecule has 0 amide bonds. The Morgan fingerprint density at radius 2 is 2.24 bits per heavy atom. The normalized spacial score (nSPS) is 15.6. The number of methoxy groups -OCH3 is 2. The lowest BCUT2D eigenvalue weighted by molar-refractivity contribution is 0.0602. The second-order valence-electron chi connectivity index (χ2n) is 5.39. The monoisotopic (exact) mass is 293 g/mol. The summed E-state index contributed by atoms with van der Waals surface area (Å²) in [6.07, 6.45) is 3.99. The third-order valence-electron chi connectivity index (χ3n) is 3.95. The second-order valence-corrected chi connectivity index (χ2v) is 5.39. The largest absolute Gasteiger partial charge is 0.465 e. The standard InChI is InChI=1S/C15H23N3O3/c1-10(11-4-5-11)18(6-7-20-2)14-8-12(15(19)21-3)13(16)9-17-14/h8-11H,4-7,16H2,1-3H3. The molecule has 1 aromatic heterocycles. The maximum Gasteiger partial charge on any atom is 0.340 e. The van der Waals surface area contributed by atoms with Crippen LogP contribution in [0.15, 0.2) is 12.3 Å². The molecule has 0 bridgehead atoms. The lowest BCUT2D eigenvalue weighted by atomic mass is 10.1. The van der Waals surface area contributed by atoms with Crippen LogP contribution in [0.1, 0.15) is 30.1 Å². The lowest BCUT2D eigenvalue weighted by Crippen LogP contribution is -2.38. The molecule has 116 valence electrons. The van der Waals surface area contributed by atoms with Crippen molar-refractivity contribution in [3.63, 3.8) is 0 Å². The number of hydrogen-bond donors (Lipinski definition) is 1. The van der Waals surface area contributed by atoms with Gasteiger partial charge in [0.25, 0.3) is 0 Å². The van der Waals surface area contributed by atoms with Crippen molar-refractivity contribution in [2.75, 3.05) is 38.0 Å². The number of anilines is 2. The number of ether oxygens (including phenoxy) is 2. The fraction of sp³-hybridized carbons (Fsp3) is 0.600. The molecular weight excluding hydrogens is 270 g/mol. The van der Waals surface area contributed by atoms with Gasteiger partial charge in [0.2, 0.25) is 0 Å². The Bertz CT molecular complexity index is 503. The SMILES string of the molecule is COCCN(c1cc(C(=O)OC)c(N)cn1)C(C)C1CC1. The average molecular weight is 293 g/mol. The molecule has 1 aliphatic carbocycles. The topological polar surface area (TPSA) is 77.7 Å². The second kappa shape index (κ2) is 6.76. The van der Waals surface area contributed by atoms with Gasteiger partial charge in [-0.3, -0.25) is 0 Å². The smallest absolute Gasteiger partial charge is 0.340 e. The van der Waals surface area contributed by atoms with Gasteiger partial charge in [-0.25, -0.2) is 9.78 Å². The van der Waals surface area contributed by atoms with E-state index in [0.717, 1.165) is 12.4 Å². The summed E-state index contributed by atoms with van der Waals surface area (Å²) in [4.78, 5) is 18.3. The van der Waals surface area contributed by atoms with E-state index in [-0.39, 0.29) is 0 Å². The van der Waals surface area contributed by atoms with Gasteiger partial charge < -0.3 is 20.1 Å². The van der Waals surface area contributed by atoms with Gasteiger partial charge in [-0.15, -0.1) is 0 Å². The van der Waals surface area contributed by atoms with Gasteiger partial charge in [-0.2, -0.15) is 0 Å². The van der Waals surface area contributed by atoms with Crippen LogP contribution in [0, 0.1) is 5.92 Å². The number of rotatable bonds is 7. The van der Waals surface area contributed by atoms with Gasteiger partial charge in [-0.05, 0) is 31.7 Å². The van der Waals surface area contributed by atoms with Gasteiger partial charge >= 0.3 is 5.97 Å². The van der Waals surface area contributed by atoms with E-state index in [1.165, 1.54) is 26.1 Å². The van der Waals surface area contributed by atoms with Crippen molar-refractivity contribution < 1.29 is 14.3 Å². The third kappa shape index (κ3) is 3.64. The summed E-state index contributed by atoms with van der Waals surface area (Å²) in [6, 6.07) is 2.07. The highest BCUT2D eigenvalue weighted by Gasteiger charge is 2.32. The zero-order valence-electron chi connectivity index (χ0n) is 12.8. The minimum atomic E-state index is -0.443. The van der Waals surface area contributed by atoms with E-state index in [1.807, 2.05) is 0 Å². The molecule has 0 aromatic carbocycles. The van der Waals surface area contributed by atoms with Crippen molar-refractivity contribution >= 4 is 17.5 Å². The van der Waals surface area contributed by atoms with Crippen molar-refractivity contribution in [3.8, 4) is 0 Å². The Morgan fingerprint density at radius 1 is 1.52 bits per heavy atom. The van der Waals surface area contributed by atoms with Crippen molar-refractivity contribution in [2.45, 2.75) is 25.8 Å². The van der Waals surface area contributed by atoms with Crippen LogP contribution in [0.5, 0.6) is 0 Å². The van der Waals surface area contributed by atoms with Crippen molar-refractivity contribution in [1.29, 1.82) is 0 Å². The molecule has 6 nitrogen and oxygen atoms in total. The van der Waals surface area contributed by atoms with Crippen molar-refractivity contribution in [3.05, 3.63) is 17.8 Å². The molecule has 0 radical (unpaired) electrons. The number of esters is 1. The fourth-order valence-corrected chi connectivity index (χ4v) is 2.45. The Labute approximate surface area is 125 Å². The van der Waals surface area contributed by atoms with Crippen LogP contribution in [-0.2, 0) is 9.47 Å². The molecule has 6 heteroatoms. The van der Waals surface area contributed by atoms with Gasteiger partial charge in [0, 0.05) is 19.7 Å². The Morgan fingerprint density at radius 3 is 2.81 bits per heavy atom. The number of pyridine rings is 1. The minimum Gasteiger partial charge on any atom is -0.465 e. The predicted molar refractivity (Wildman–Crippen MR) is 81.4 cm³/mol. The molecule has 1 saturated carbocycles. The van der Waals surface area contributed by atoms with Crippen LogP contribution >= 0.6 is 0 Å². The van der Waals surface area contributed by atoms with Gasteiger partial charge in [0.1, 0.15) is 5.82 Å². The highest BCUT2D eigenvalue weighted by molar-refractivity contribution is 5.95. The van der Waals surface area contributed by atoms with Crippen LogP contribution in [0.2, 0.25) is 0 Å². The number of carbonyl (C=O) groups is 1. The lowest BCUT2D eigenvalue weighted by Gasteiger charge is -2.30. The van der Waals surface area contributed by atoms with E-state index in [4.69, 9.17) is 15.2 Å². The first-order valence-electron chi connectivity index (χ1n) is 7.18. The average Bonchev–Trinajstić information content (AvgIpc) is 3.32. The molecule has 1 unspecified atom stereocenters. The molecule has 0 aliphatic heterocycles. The molecule has 1 aliphatic rings. The van der Waals surface area contributed by atoms with Gasteiger partial charge in [0.15, 0.2) is 0 Å². The molecule has 1 atom stereocenters. The Kier molecular flexibility index (Phi) is 5.01. The van der Waals surface area contributed by atoms with Gasteiger partial charge in [-0.1, -0.05) is 0 Å². The third-order valence-corrected chi connectivity index (χ3v) is 3.95. The molecule has 1 aromatic rings.